The summed E-state index contributed by atoms with van der Waals surface area (Å²) in [5, 5.41) is 21.8. The zero-order valence-electron chi connectivity index (χ0n) is 17.7. The molecule has 162 valence electrons. The van der Waals surface area contributed by atoms with Crippen LogP contribution in [-0.2, 0) is 6.42 Å². The maximum atomic E-state index is 10.6. The van der Waals surface area contributed by atoms with E-state index in [4.69, 9.17) is 24.3 Å². The first-order valence-electron chi connectivity index (χ1n) is 10.00. The van der Waals surface area contributed by atoms with Crippen LogP contribution in [0, 0.1) is 5.41 Å². The number of rotatable bonds is 8. The fourth-order valence-corrected chi connectivity index (χ4v) is 4.57. The second-order valence-corrected chi connectivity index (χ2v) is 8.23. The Kier molecular flexibility index (Phi) is 5.99. The van der Waals surface area contributed by atoms with Crippen molar-refractivity contribution in [2.75, 3.05) is 20.8 Å². The lowest BCUT2D eigenvalue weighted by Crippen LogP contribution is -2.35. The first kappa shape index (κ1) is 21.0. The Morgan fingerprint density at radius 3 is 2.77 bits per heavy atom. The van der Waals surface area contributed by atoms with Crippen LogP contribution in [0.4, 0.5) is 0 Å². The molecule has 0 unspecified atom stereocenters. The zero-order chi connectivity index (χ0) is 22.0. The van der Waals surface area contributed by atoms with Gasteiger partial charge < -0.3 is 23.9 Å². The van der Waals surface area contributed by atoms with Gasteiger partial charge in [-0.3, -0.25) is 5.41 Å². The third-order valence-electron chi connectivity index (χ3n) is 5.45. The Bertz CT molecular complexity index is 1100. The van der Waals surface area contributed by atoms with Gasteiger partial charge >= 0.3 is 0 Å². The standard InChI is InChI=1S/C23H25N3O4S/c1-14(6-8-16-5-4-10-30-16)26-12-18(27)21(22(26)24)23-25-17(13-31-23)15-7-9-19(28-2)20(11-15)29-3/h4-5,7,9-11,13-14,24,27H,6,8,12H2,1-3H3/t14-/m1/s1. The van der Waals surface area contributed by atoms with Gasteiger partial charge in [-0.2, -0.15) is 0 Å². The van der Waals surface area contributed by atoms with Gasteiger partial charge in [0, 0.05) is 23.4 Å². The van der Waals surface area contributed by atoms with Crippen molar-refractivity contribution in [1.82, 2.24) is 9.88 Å². The number of hydrogen-bond acceptors (Lipinski definition) is 7. The van der Waals surface area contributed by atoms with Gasteiger partial charge in [0.25, 0.3) is 0 Å². The lowest BCUT2D eigenvalue weighted by atomic mass is 10.1. The molecule has 0 spiro atoms. The number of nitrogens with zero attached hydrogens (tertiary/aromatic N) is 2. The second kappa shape index (κ2) is 8.85. The Hall–Kier alpha value is -3.26. The van der Waals surface area contributed by atoms with Crippen LogP contribution in [0.5, 0.6) is 11.5 Å². The molecule has 0 fully saturated rings. The highest BCUT2D eigenvalue weighted by Gasteiger charge is 2.33. The summed E-state index contributed by atoms with van der Waals surface area (Å²) in [6, 6.07) is 9.54. The van der Waals surface area contributed by atoms with Gasteiger partial charge in [-0.25, -0.2) is 4.98 Å². The molecule has 1 atom stereocenters. The summed E-state index contributed by atoms with van der Waals surface area (Å²) >= 11 is 1.41. The number of aliphatic hydroxyl groups excluding tert-OH is 1. The van der Waals surface area contributed by atoms with Crippen molar-refractivity contribution < 1.29 is 19.0 Å². The number of thiazole rings is 1. The van der Waals surface area contributed by atoms with E-state index in [1.54, 1.807) is 20.5 Å². The van der Waals surface area contributed by atoms with Crippen LogP contribution in [0.2, 0.25) is 0 Å². The summed E-state index contributed by atoms with van der Waals surface area (Å²) in [6.45, 7) is 2.38. The largest absolute Gasteiger partial charge is 0.510 e. The summed E-state index contributed by atoms with van der Waals surface area (Å²) in [6.07, 6.45) is 3.28. The molecule has 1 aromatic carbocycles. The van der Waals surface area contributed by atoms with Gasteiger partial charge in [-0.05, 0) is 43.7 Å². The summed E-state index contributed by atoms with van der Waals surface area (Å²) in [5.41, 5.74) is 2.15. The highest BCUT2D eigenvalue weighted by atomic mass is 32.1. The molecule has 0 radical (unpaired) electrons. The fraction of sp³-hybridized carbons (Fsp3) is 0.304. The van der Waals surface area contributed by atoms with E-state index in [1.807, 2.05) is 40.6 Å². The number of benzene rings is 1. The molecule has 1 aliphatic heterocycles. The normalized spacial score (nSPS) is 14.9. The van der Waals surface area contributed by atoms with Gasteiger partial charge in [0.15, 0.2) is 11.5 Å². The molecule has 0 saturated heterocycles. The van der Waals surface area contributed by atoms with E-state index < -0.39 is 0 Å². The number of aryl methyl sites for hydroxylation is 1. The van der Waals surface area contributed by atoms with Crippen molar-refractivity contribution >= 4 is 22.7 Å². The molecular formula is C23H25N3O4S. The molecule has 2 aromatic heterocycles. The number of hydrogen-bond donors (Lipinski definition) is 2. The molecule has 4 rings (SSSR count). The van der Waals surface area contributed by atoms with Crippen molar-refractivity contribution in [3.63, 3.8) is 0 Å². The van der Waals surface area contributed by atoms with E-state index >= 15 is 0 Å². The molecule has 0 bridgehead atoms. The maximum absolute atomic E-state index is 10.6. The summed E-state index contributed by atoms with van der Waals surface area (Å²) in [5.74, 6) is 2.69. The molecule has 1 aliphatic rings. The minimum atomic E-state index is 0.0857. The molecule has 31 heavy (non-hydrogen) atoms. The van der Waals surface area contributed by atoms with Gasteiger partial charge in [0.1, 0.15) is 22.4 Å². The predicted molar refractivity (Wildman–Crippen MR) is 121 cm³/mol. The third kappa shape index (κ3) is 4.16. The van der Waals surface area contributed by atoms with Gasteiger partial charge in [0.05, 0.1) is 38.3 Å². The van der Waals surface area contributed by atoms with Crippen LogP contribution in [0.15, 0.2) is 52.2 Å². The molecular weight excluding hydrogens is 414 g/mol. The molecule has 3 aromatic rings. The lowest BCUT2D eigenvalue weighted by molar-refractivity contribution is 0.293. The number of aromatic nitrogens is 1. The van der Waals surface area contributed by atoms with Gasteiger partial charge in [-0.15, -0.1) is 11.3 Å². The predicted octanol–water partition coefficient (Wildman–Crippen LogP) is 5.00. The van der Waals surface area contributed by atoms with E-state index in [0.717, 1.165) is 29.9 Å². The van der Waals surface area contributed by atoms with E-state index in [0.29, 0.717) is 34.5 Å². The molecule has 0 aliphatic carbocycles. The minimum absolute atomic E-state index is 0.0857. The smallest absolute Gasteiger partial charge is 0.161 e. The van der Waals surface area contributed by atoms with Crippen LogP contribution in [-0.4, -0.2) is 47.6 Å². The van der Waals surface area contributed by atoms with E-state index in [9.17, 15) is 5.11 Å². The number of amidine groups is 1. The quantitative estimate of drug-likeness (QED) is 0.513. The number of ether oxygens (including phenoxy) is 2. The Morgan fingerprint density at radius 2 is 2.06 bits per heavy atom. The monoisotopic (exact) mass is 439 g/mol. The zero-order valence-corrected chi connectivity index (χ0v) is 18.5. The summed E-state index contributed by atoms with van der Waals surface area (Å²) in [4.78, 5) is 6.60. The molecule has 8 heteroatoms. The maximum Gasteiger partial charge on any atom is 0.161 e. The molecule has 0 saturated carbocycles. The summed E-state index contributed by atoms with van der Waals surface area (Å²) in [7, 11) is 3.19. The Balaban J connectivity index is 1.50. The SMILES string of the molecule is COc1ccc(-c2csc(C3=C(O)CN([C@H](C)CCc4ccco4)C3=N)n2)cc1OC. The average molecular weight is 440 g/mol. The highest BCUT2D eigenvalue weighted by Crippen LogP contribution is 2.36. The first-order valence-corrected chi connectivity index (χ1v) is 10.9. The van der Waals surface area contributed by atoms with Crippen molar-refractivity contribution in [2.45, 2.75) is 25.8 Å². The molecule has 7 nitrogen and oxygen atoms in total. The number of furan rings is 1. The lowest BCUT2D eigenvalue weighted by Gasteiger charge is -2.26. The Morgan fingerprint density at radius 1 is 1.26 bits per heavy atom. The van der Waals surface area contributed by atoms with Gasteiger partial charge in [0.2, 0.25) is 0 Å². The van der Waals surface area contributed by atoms with E-state index in [2.05, 4.69) is 6.92 Å². The first-order chi connectivity index (χ1) is 15.0. The van der Waals surface area contributed by atoms with Crippen LogP contribution in [0.25, 0.3) is 16.8 Å². The van der Waals surface area contributed by atoms with Crippen LogP contribution < -0.4 is 9.47 Å². The van der Waals surface area contributed by atoms with Crippen molar-refractivity contribution in [1.29, 1.82) is 5.41 Å². The average Bonchev–Trinajstić information content (AvgIpc) is 3.52. The Labute approximate surface area is 185 Å². The van der Waals surface area contributed by atoms with Crippen molar-refractivity contribution in [2.24, 2.45) is 0 Å². The van der Waals surface area contributed by atoms with Gasteiger partial charge in [-0.1, -0.05) is 0 Å². The topological polar surface area (TPSA) is 91.8 Å². The van der Waals surface area contributed by atoms with Crippen LogP contribution >= 0.6 is 11.3 Å². The number of aliphatic hydroxyl groups is 1. The van der Waals surface area contributed by atoms with Crippen LogP contribution in [0.3, 0.4) is 0 Å². The fourth-order valence-electron chi connectivity index (χ4n) is 3.68. The highest BCUT2D eigenvalue weighted by molar-refractivity contribution is 7.11. The molecule has 2 N–H and O–H groups in total. The summed E-state index contributed by atoms with van der Waals surface area (Å²) < 4.78 is 16.1. The molecule has 0 amide bonds. The van der Waals surface area contributed by atoms with Crippen molar-refractivity contribution in [3.8, 4) is 22.8 Å². The van der Waals surface area contributed by atoms with Crippen LogP contribution in [0.1, 0.15) is 24.1 Å². The minimum Gasteiger partial charge on any atom is -0.510 e. The number of nitrogens with one attached hydrogen (secondary N) is 1. The molecule has 3 heterocycles. The third-order valence-corrected chi connectivity index (χ3v) is 6.31. The van der Waals surface area contributed by atoms with Crippen molar-refractivity contribution in [3.05, 3.63) is 58.5 Å². The van der Waals surface area contributed by atoms with E-state index in [-0.39, 0.29) is 11.8 Å². The van der Waals surface area contributed by atoms with E-state index in [1.165, 1.54) is 11.3 Å². The second-order valence-electron chi connectivity index (χ2n) is 7.37. The number of methoxy groups -OCH3 is 2.